The van der Waals surface area contributed by atoms with Gasteiger partial charge in [0.2, 0.25) is 11.1 Å². The molecule has 0 bridgehead atoms. The highest BCUT2D eigenvalue weighted by Gasteiger charge is 2.13. The van der Waals surface area contributed by atoms with Crippen molar-refractivity contribution >= 4 is 16.7 Å². The Labute approximate surface area is 168 Å². The van der Waals surface area contributed by atoms with Gasteiger partial charge >= 0.3 is 0 Å². The number of nitrogens with zero attached hydrogens (tertiary/aromatic N) is 6. The fourth-order valence-corrected chi connectivity index (χ4v) is 3.59. The molecule has 148 valence electrons. The van der Waals surface area contributed by atoms with Gasteiger partial charge in [0.15, 0.2) is 11.5 Å². The molecular weight excluding hydrogens is 376 g/mol. The van der Waals surface area contributed by atoms with E-state index < -0.39 is 0 Å². The summed E-state index contributed by atoms with van der Waals surface area (Å²) in [5.74, 6) is 2.37. The van der Waals surface area contributed by atoms with Crippen LogP contribution in [0.2, 0.25) is 0 Å². The van der Waals surface area contributed by atoms with Crippen molar-refractivity contribution in [1.82, 2.24) is 23.8 Å². The highest BCUT2D eigenvalue weighted by molar-refractivity contribution is 7.09. The average Bonchev–Trinajstić information content (AvgIpc) is 3.42. The molecule has 3 heterocycles. The number of hydrogen-bond donors (Lipinski definition) is 0. The Balaban J connectivity index is 1.24. The van der Waals surface area contributed by atoms with E-state index in [1.165, 1.54) is 17.1 Å². The van der Waals surface area contributed by atoms with E-state index in [4.69, 9.17) is 9.47 Å². The average molecular weight is 401 g/mol. The molecule has 0 saturated heterocycles. The quantitative estimate of drug-likeness (QED) is 0.574. The van der Waals surface area contributed by atoms with E-state index in [1.54, 1.807) is 12.5 Å². The lowest BCUT2D eigenvalue weighted by atomic mass is 10.1. The molecule has 0 unspecified atom stereocenters. The summed E-state index contributed by atoms with van der Waals surface area (Å²) in [6, 6.07) is 6.21. The molecule has 1 aromatic carbocycles. The zero-order chi connectivity index (χ0) is 19.3. The van der Waals surface area contributed by atoms with Crippen LogP contribution in [0.5, 0.6) is 11.5 Å². The van der Waals surface area contributed by atoms with E-state index in [9.17, 15) is 0 Å². The number of imidazole rings is 1. The number of benzene rings is 1. The minimum absolute atomic E-state index is 0.622. The Bertz CT molecular complexity index is 898. The van der Waals surface area contributed by atoms with Gasteiger partial charge in [-0.1, -0.05) is 6.07 Å². The van der Waals surface area contributed by atoms with Crippen molar-refractivity contribution in [3.63, 3.8) is 0 Å². The number of rotatable bonds is 8. The molecule has 4 rings (SSSR count). The van der Waals surface area contributed by atoms with Gasteiger partial charge in [-0.25, -0.2) is 4.98 Å². The summed E-state index contributed by atoms with van der Waals surface area (Å²) < 4.78 is 17.5. The van der Waals surface area contributed by atoms with E-state index in [2.05, 4.69) is 43.3 Å². The molecule has 0 saturated carbocycles. The van der Waals surface area contributed by atoms with Crippen molar-refractivity contribution in [2.45, 2.75) is 6.42 Å². The van der Waals surface area contributed by atoms with Gasteiger partial charge < -0.3 is 19.3 Å². The number of anilines is 1. The fraction of sp³-hybridized carbons (Fsp3) is 0.421. The predicted octanol–water partition coefficient (Wildman–Crippen LogP) is 2.11. The first-order valence-corrected chi connectivity index (χ1v) is 10.1. The molecule has 0 spiro atoms. The fourth-order valence-electron chi connectivity index (χ4n) is 2.94. The highest BCUT2D eigenvalue weighted by atomic mass is 32.1. The van der Waals surface area contributed by atoms with Crippen molar-refractivity contribution in [3.05, 3.63) is 42.5 Å². The normalized spacial score (nSPS) is 13.1. The van der Waals surface area contributed by atoms with Crippen LogP contribution in [0.3, 0.4) is 0 Å². The number of ether oxygens (including phenoxy) is 2. The van der Waals surface area contributed by atoms with Crippen molar-refractivity contribution in [2.24, 2.45) is 0 Å². The summed E-state index contributed by atoms with van der Waals surface area (Å²) in [6.45, 7) is 4.05. The summed E-state index contributed by atoms with van der Waals surface area (Å²) in [5.41, 5.74) is 1.26. The van der Waals surface area contributed by atoms with Gasteiger partial charge in [0.05, 0.1) is 0 Å². The largest absolute Gasteiger partial charge is 0.486 e. The topological polar surface area (TPSA) is 68.5 Å². The van der Waals surface area contributed by atoms with Crippen molar-refractivity contribution in [3.8, 4) is 17.4 Å². The van der Waals surface area contributed by atoms with Gasteiger partial charge in [0.1, 0.15) is 19.5 Å². The third-order valence-corrected chi connectivity index (χ3v) is 5.49. The zero-order valence-corrected chi connectivity index (χ0v) is 16.9. The molecule has 8 nitrogen and oxygen atoms in total. The van der Waals surface area contributed by atoms with E-state index in [0.29, 0.717) is 19.2 Å². The first-order chi connectivity index (χ1) is 13.7. The maximum Gasteiger partial charge on any atom is 0.248 e. The maximum absolute atomic E-state index is 5.67. The third-order valence-electron chi connectivity index (χ3n) is 4.67. The van der Waals surface area contributed by atoms with Gasteiger partial charge in [0.25, 0.3) is 0 Å². The second kappa shape index (κ2) is 8.57. The number of hydrogen-bond acceptors (Lipinski definition) is 8. The lowest BCUT2D eigenvalue weighted by Crippen LogP contribution is -2.32. The van der Waals surface area contributed by atoms with Crippen LogP contribution in [0, 0.1) is 0 Å². The van der Waals surface area contributed by atoms with Crippen LogP contribution < -0.4 is 14.4 Å². The standard InChI is InChI=1S/C19H24N6O2S/c1-23(7-5-15-3-4-16-17(13-15)27-12-11-26-16)9-10-24(2)19-21-18(22-28-19)25-8-6-20-14-25/h3-4,6,8,13-14H,5,7,9-12H2,1-2H3. The molecule has 2 aromatic heterocycles. The Morgan fingerprint density at radius 3 is 2.79 bits per heavy atom. The van der Waals surface area contributed by atoms with Gasteiger partial charge in [-0.2, -0.15) is 9.36 Å². The molecule has 0 fully saturated rings. The SMILES string of the molecule is CN(CCc1ccc2c(c1)OCCO2)CCN(C)c1nc(-n2ccnc2)ns1. The van der Waals surface area contributed by atoms with Crippen LogP contribution in [0.15, 0.2) is 36.9 Å². The molecule has 0 radical (unpaired) electrons. The molecule has 9 heteroatoms. The van der Waals surface area contributed by atoms with Crippen LogP contribution in [0.1, 0.15) is 5.56 Å². The summed E-state index contributed by atoms with van der Waals surface area (Å²) in [6.07, 6.45) is 6.25. The third kappa shape index (κ3) is 4.42. The van der Waals surface area contributed by atoms with Crippen LogP contribution >= 0.6 is 11.5 Å². The van der Waals surface area contributed by atoms with Gasteiger partial charge in [-0.3, -0.25) is 4.57 Å². The lowest BCUT2D eigenvalue weighted by molar-refractivity contribution is 0.171. The van der Waals surface area contributed by atoms with Crippen LogP contribution in [0.25, 0.3) is 5.95 Å². The number of aromatic nitrogens is 4. The van der Waals surface area contributed by atoms with Crippen LogP contribution in [-0.2, 0) is 6.42 Å². The lowest BCUT2D eigenvalue weighted by Gasteiger charge is -2.22. The number of fused-ring (bicyclic) bond motifs is 1. The summed E-state index contributed by atoms with van der Waals surface area (Å²) in [7, 11) is 4.19. The van der Waals surface area contributed by atoms with E-state index in [1.807, 2.05) is 23.9 Å². The molecular formula is C19H24N6O2S. The van der Waals surface area contributed by atoms with Crippen LogP contribution in [-0.4, -0.2) is 70.8 Å². The molecule has 0 atom stereocenters. The minimum Gasteiger partial charge on any atom is -0.486 e. The minimum atomic E-state index is 0.622. The monoisotopic (exact) mass is 400 g/mol. The number of likely N-dealkylation sites (N-methyl/N-ethyl adjacent to an activating group) is 2. The molecule has 0 N–H and O–H groups in total. The van der Waals surface area contributed by atoms with Crippen molar-refractivity contribution < 1.29 is 9.47 Å². The van der Waals surface area contributed by atoms with Crippen LogP contribution in [0.4, 0.5) is 5.13 Å². The Kier molecular flexibility index (Phi) is 5.73. The smallest absolute Gasteiger partial charge is 0.248 e. The Hall–Kier alpha value is -2.65. The molecule has 1 aliphatic rings. The maximum atomic E-state index is 5.67. The van der Waals surface area contributed by atoms with Gasteiger partial charge in [-0.15, -0.1) is 0 Å². The first-order valence-electron chi connectivity index (χ1n) is 9.29. The second-order valence-corrected chi connectivity index (χ2v) is 7.53. The van der Waals surface area contributed by atoms with E-state index >= 15 is 0 Å². The second-order valence-electron chi connectivity index (χ2n) is 6.80. The van der Waals surface area contributed by atoms with Crippen molar-refractivity contribution in [2.75, 3.05) is 51.8 Å². The summed E-state index contributed by atoms with van der Waals surface area (Å²) in [4.78, 5) is 13.1. The Morgan fingerprint density at radius 2 is 1.96 bits per heavy atom. The predicted molar refractivity (Wildman–Crippen MR) is 109 cm³/mol. The summed E-state index contributed by atoms with van der Waals surface area (Å²) in [5, 5.41) is 0.906. The first kappa shape index (κ1) is 18.7. The molecule has 0 amide bonds. The zero-order valence-electron chi connectivity index (χ0n) is 16.1. The molecule has 3 aromatic rings. The molecule has 28 heavy (non-hydrogen) atoms. The van der Waals surface area contributed by atoms with E-state index in [0.717, 1.165) is 42.7 Å². The molecule has 1 aliphatic heterocycles. The van der Waals surface area contributed by atoms with Crippen molar-refractivity contribution in [1.29, 1.82) is 0 Å². The van der Waals surface area contributed by atoms with Gasteiger partial charge in [-0.05, 0) is 31.2 Å². The Morgan fingerprint density at radius 1 is 1.11 bits per heavy atom. The molecule has 0 aliphatic carbocycles. The summed E-state index contributed by atoms with van der Waals surface area (Å²) >= 11 is 1.40. The highest BCUT2D eigenvalue weighted by Crippen LogP contribution is 2.30. The van der Waals surface area contributed by atoms with Gasteiger partial charge in [0, 0.05) is 50.6 Å². The van der Waals surface area contributed by atoms with E-state index in [-0.39, 0.29) is 0 Å².